The van der Waals surface area contributed by atoms with Crippen molar-refractivity contribution in [2.75, 3.05) is 69.7 Å². The molecule has 0 radical (unpaired) electrons. The second-order valence-corrected chi connectivity index (χ2v) is 10.2. The summed E-state index contributed by atoms with van der Waals surface area (Å²) in [6, 6.07) is 15.6. The third kappa shape index (κ3) is 6.65. The van der Waals surface area contributed by atoms with E-state index in [1.807, 2.05) is 12.1 Å². The standard InChI is InChI=1S/C29H35N9O3/c1-32-27(20-3-8-26(21(15-20)16-30)41-25-9-10-38(17-25)28(31)39)35-29(33-2)34-22-4-6-23(7-5-22)36-11-13-37(14-12-36)24-18-40-19-24/h3-8,15,24-25H,1,9-14,17-19H2,2H3,(H2,31,39)(H,33,34)/t25-/m1/s1. The molecule has 0 saturated carbocycles. The molecule has 2 aromatic carbocycles. The molecule has 3 aliphatic heterocycles. The quantitative estimate of drug-likeness (QED) is 0.409. The Balaban J connectivity index is 1.22. The van der Waals surface area contributed by atoms with Crippen LogP contribution in [0.25, 0.3) is 0 Å². The van der Waals surface area contributed by atoms with Gasteiger partial charge in [0, 0.05) is 63.1 Å². The molecule has 3 aliphatic rings. The van der Waals surface area contributed by atoms with Crippen molar-refractivity contribution in [3.05, 3.63) is 53.6 Å². The van der Waals surface area contributed by atoms with E-state index in [9.17, 15) is 10.1 Å². The fourth-order valence-corrected chi connectivity index (χ4v) is 5.15. The Bertz CT molecular complexity index is 1360. The molecule has 12 nitrogen and oxygen atoms in total. The fraction of sp³-hybridized carbons (Fsp3) is 0.414. The molecule has 0 bridgehead atoms. The smallest absolute Gasteiger partial charge is 0.314 e. The van der Waals surface area contributed by atoms with Gasteiger partial charge in [0.25, 0.3) is 0 Å². The Morgan fingerprint density at radius 3 is 2.49 bits per heavy atom. The lowest BCUT2D eigenvalue weighted by Crippen LogP contribution is -2.56. The predicted octanol–water partition coefficient (Wildman–Crippen LogP) is 2.16. The zero-order valence-electron chi connectivity index (χ0n) is 23.2. The Hall–Kier alpha value is -4.47. The SMILES string of the molecule is C=NC(=NC(=NC)Nc1ccc(N2CCN(C3COC3)CC2)cc1)c1ccc(O[C@@H]2CCN(C(N)=O)C2)c(C#N)c1. The average molecular weight is 558 g/mol. The number of carbonyl (C=O) groups is 1. The number of anilines is 2. The summed E-state index contributed by atoms with van der Waals surface area (Å²) in [7, 11) is 1.64. The van der Waals surface area contributed by atoms with Gasteiger partial charge >= 0.3 is 6.03 Å². The van der Waals surface area contributed by atoms with E-state index >= 15 is 0 Å². The number of benzene rings is 2. The van der Waals surface area contributed by atoms with Crippen LogP contribution >= 0.6 is 0 Å². The first-order valence-electron chi connectivity index (χ1n) is 13.7. The first-order valence-corrected chi connectivity index (χ1v) is 13.7. The number of hydrogen-bond acceptors (Lipinski definition) is 7. The average Bonchev–Trinajstić information content (AvgIpc) is 3.44. The number of rotatable bonds is 6. The van der Waals surface area contributed by atoms with Crippen LogP contribution in [0.5, 0.6) is 5.75 Å². The van der Waals surface area contributed by atoms with Crippen LogP contribution in [0, 0.1) is 11.3 Å². The Labute approximate surface area is 239 Å². The molecule has 5 rings (SSSR count). The van der Waals surface area contributed by atoms with Crippen LogP contribution in [-0.4, -0.2) is 106 Å². The van der Waals surface area contributed by atoms with Crippen molar-refractivity contribution in [1.82, 2.24) is 9.80 Å². The first kappa shape index (κ1) is 28.1. The number of hydrogen-bond donors (Lipinski definition) is 2. The summed E-state index contributed by atoms with van der Waals surface area (Å²) in [5.41, 5.74) is 8.31. The number of nitriles is 1. The minimum Gasteiger partial charge on any atom is -0.487 e. The number of guanidine groups is 1. The van der Waals surface area contributed by atoms with Crippen LogP contribution in [0.15, 0.2) is 57.4 Å². The number of ether oxygens (including phenoxy) is 2. The molecular weight excluding hydrogens is 522 g/mol. The lowest BCUT2D eigenvalue weighted by atomic mass is 10.1. The summed E-state index contributed by atoms with van der Waals surface area (Å²) in [6.45, 7) is 10.4. The van der Waals surface area contributed by atoms with Crippen LogP contribution in [0.3, 0.4) is 0 Å². The van der Waals surface area contributed by atoms with E-state index < -0.39 is 6.03 Å². The molecule has 12 heteroatoms. The van der Waals surface area contributed by atoms with Crippen molar-refractivity contribution in [2.24, 2.45) is 20.7 Å². The Morgan fingerprint density at radius 2 is 1.90 bits per heavy atom. The minimum atomic E-state index is -0.475. The summed E-state index contributed by atoms with van der Waals surface area (Å²) in [6.07, 6.45) is 0.416. The fourth-order valence-electron chi connectivity index (χ4n) is 5.15. The normalized spacial score (nSPS) is 20.3. The second kappa shape index (κ2) is 12.8. The van der Waals surface area contributed by atoms with Gasteiger partial charge < -0.3 is 30.3 Å². The van der Waals surface area contributed by atoms with Crippen LogP contribution in [-0.2, 0) is 4.74 Å². The third-order valence-electron chi connectivity index (χ3n) is 7.62. The number of nitrogens with two attached hydrogens (primary N) is 1. The number of likely N-dealkylation sites (tertiary alicyclic amines) is 1. The molecule has 3 fully saturated rings. The monoisotopic (exact) mass is 557 g/mol. The maximum atomic E-state index is 11.4. The number of urea groups is 1. The summed E-state index contributed by atoms with van der Waals surface area (Å²) < 4.78 is 11.3. The highest BCUT2D eigenvalue weighted by atomic mass is 16.5. The van der Waals surface area contributed by atoms with E-state index in [0.717, 1.165) is 45.1 Å². The van der Waals surface area contributed by atoms with E-state index in [1.54, 1.807) is 25.2 Å². The van der Waals surface area contributed by atoms with Gasteiger partial charge in [0.2, 0.25) is 5.96 Å². The van der Waals surface area contributed by atoms with Gasteiger partial charge in [-0.15, -0.1) is 0 Å². The molecule has 0 aliphatic carbocycles. The molecule has 2 aromatic rings. The highest BCUT2D eigenvalue weighted by Crippen LogP contribution is 2.25. The second-order valence-electron chi connectivity index (χ2n) is 10.2. The molecule has 1 atom stereocenters. The van der Waals surface area contributed by atoms with E-state index in [2.05, 4.69) is 55.0 Å². The number of primary amides is 1. The van der Waals surface area contributed by atoms with E-state index in [1.165, 1.54) is 10.6 Å². The molecule has 0 aromatic heterocycles. The van der Waals surface area contributed by atoms with Crippen LogP contribution < -0.4 is 20.7 Å². The molecule has 0 unspecified atom stereocenters. The third-order valence-corrected chi connectivity index (χ3v) is 7.62. The van der Waals surface area contributed by atoms with Gasteiger partial charge in [0.05, 0.1) is 31.4 Å². The number of nitrogens with zero attached hydrogens (tertiary/aromatic N) is 7. The molecular formula is C29H35N9O3. The largest absolute Gasteiger partial charge is 0.487 e. The molecule has 2 amide bonds. The molecule has 214 valence electrons. The van der Waals surface area contributed by atoms with Gasteiger partial charge in [-0.2, -0.15) is 10.3 Å². The van der Waals surface area contributed by atoms with Crippen molar-refractivity contribution < 1.29 is 14.3 Å². The number of piperazine rings is 1. The van der Waals surface area contributed by atoms with Crippen LogP contribution in [0.1, 0.15) is 17.5 Å². The number of amides is 2. The van der Waals surface area contributed by atoms with Gasteiger partial charge in [0.1, 0.15) is 17.9 Å². The summed E-state index contributed by atoms with van der Waals surface area (Å²) in [4.78, 5) is 30.8. The first-order chi connectivity index (χ1) is 20.0. The van der Waals surface area contributed by atoms with Crippen LogP contribution in [0.2, 0.25) is 0 Å². The number of nitrogens with one attached hydrogen (secondary N) is 1. The molecule has 3 N–H and O–H groups in total. The maximum absolute atomic E-state index is 11.4. The molecule has 3 heterocycles. The number of amidine groups is 1. The number of carbonyl (C=O) groups excluding carboxylic acids is 1. The Kier molecular flexibility index (Phi) is 8.76. The van der Waals surface area contributed by atoms with E-state index in [0.29, 0.717) is 54.2 Å². The lowest BCUT2D eigenvalue weighted by Gasteiger charge is -2.43. The Morgan fingerprint density at radius 1 is 1.15 bits per heavy atom. The van der Waals surface area contributed by atoms with Crippen molar-refractivity contribution in [2.45, 2.75) is 18.6 Å². The van der Waals surface area contributed by atoms with E-state index in [-0.39, 0.29) is 6.10 Å². The summed E-state index contributed by atoms with van der Waals surface area (Å²) in [5, 5.41) is 13.0. The lowest BCUT2D eigenvalue weighted by molar-refractivity contribution is -0.0660. The van der Waals surface area contributed by atoms with Crippen molar-refractivity contribution in [1.29, 1.82) is 5.26 Å². The molecule has 3 saturated heterocycles. The maximum Gasteiger partial charge on any atom is 0.314 e. The minimum absolute atomic E-state index is 0.229. The highest BCUT2D eigenvalue weighted by Gasteiger charge is 2.29. The van der Waals surface area contributed by atoms with Crippen molar-refractivity contribution in [3.63, 3.8) is 0 Å². The number of aliphatic imine (C=N–C) groups is 3. The van der Waals surface area contributed by atoms with Gasteiger partial charge in [-0.25, -0.2) is 9.79 Å². The predicted molar refractivity (Wildman–Crippen MR) is 159 cm³/mol. The van der Waals surface area contributed by atoms with Gasteiger partial charge in [-0.3, -0.25) is 9.89 Å². The zero-order chi connectivity index (χ0) is 28.8. The molecule has 0 spiro atoms. The molecule has 41 heavy (non-hydrogen) atoms. The highest BCUT2D eigenvalue weighted by molar-refractivity contribution is 6.10. The topological polar surface area (TPSA) is 144 Å². The van der Waals surface area contributed by atoms with Gasteiger partial charge in [-0.05, 0) is 49.2 Å². The zero-order valence-corrected chi connectivity index (χ0v) is 23.2. The summed E-state index contributed by atoms with van der Waals surface area (Å²) >= 11 is 0. The van der Waals surface area contributed by atoms with E-state index in [4.69, 9.17) is 15.2 Å². The van der Waals surface area contributed by atoms with Gasteiger partial charge in [0.15, 0.2) is 5.84 Å². The van der Waals surface area contributed by atoms with Crippen LogP contribution in [0.4, 0.5) is 16.2 Å². The van der Waals surface area contributed by atoms with Crippen molar-refractivity contribution >= 4 is 35.9 Å². The van der Waals surface area contributed by atoms with Crippen molar-refractivity contribution in [3.8, 4) is 11.8 Å². The summed E-state index contributed by atoms with van der Waals surface area (Å²) in [5.74, 6) is 1.10. The van der Waals surface area contributed by atoms with Gasteiger partial charge in [-0.1, -0.05) is 0 Å².